The minimum Gasteiger partial charge on any atom is -0.502 e. The number of aliphatic hydroxyl groups excluding tert-OH is 3. The predicted octanol–water partition coefficient (Wildman–Crippen LogP) is 0.395. The number of aliphatic hydroxyl groups is 3. The number of benzene rings is 1. The standard InChI is InChI=1S/C27H32O13/c1-4-14-15-7-8-36-25(33)16(15)12-37-26(14)40-27-23(32)24(22(31)19(11-28)38-27)39-20(29)6-5-13-9-17(34-2)21(30)18(10-13)35-3/h4-6,9-10,12,14-15,19,22-24,26-28,30-32H,1,7-8,11H2,2-3H3/b6-5+/t14-,15+,19-,22-,23-,24+,26+,27+/m1/s1. The molecule has 0 bridgehead atoms. The van der Waals surface area contributed by atoms with Crippen LogP contribution in [-0.2, 0) is 33.3 Å². The van der Waals surface area contributed by atoms with E-state index in [4.69, 9.17) is 33.2 Å². The summed E-state index contributed by atoms with van der Waals surface area (Å²) in [5.41, 5.74) is 0.766. The number of aromatic hydroxyl groups is 1. The quantitative estimate of drug-likeness (QED) is 0.184. The van der Waals surface area contributed by atoms with Crippen LogP contribution in [0.5, 0.6) is 17.2 Å². The predicted molar refractivity (Wildman–Crippen MR) is 135 cm³/mol. The molecule has 0 unspecified atom stereocenters. The molecule has 218 valence electrons. The molecule has 1 aromatic carbocycles. The van der Waals surface area contributed by atoms with E-state index in [1.54, 1.807) is 6.08 Å². The smallest absolute Gasteiger partial charge is 0.337 e. The van der Waals surface area contributed by atoms with Gasteiger partial charge in [0.25, 0.3) is 0 Å². The zero-order valence-corrected chi connectivity index (χ0v) is 21.9. The van der Waals surface area contributed by atoms with Crippen LogP contribution in [0.15, 0.2) is 42.7 Å². The summed E-state index contributed by atoms with van der Waals surface area (Å²) < 4.78 is 37.6. The summed E-state index contributed by atoms with van der Waals surface area (Å²) >= 11 is 0. The van der Waals surface area contributed by atoms with Crippen LogP contribution >= 0.6 is 0 Å². The summed E-state index contributed by atoms with van der Waals surface area (Å²) in [6, 6.07) is 2.91. The molecule has 4 rings (SSSR count). The van der Waals surface area contributed by atoms with E-state index in [1.807, 2.05) is 0 Å². The fraction of sp³-hybridized carbons (Fsp3) is 0.481. The highest BCUT2D eigenvalue weighted by molar-refractivity contribution is 5.89. The second-order valence-electron chi connectivity index (χ2n) is 9.27. The van der Waals surface area contributed by atoms with Crippen LogP contribution in [0.1, 0.15) is 12.0 Å². The highest BCUT2D eigenvalue weighted by Gasteiger charge is 2.50. The number of hydrogen-bond donors (Lipinski definition) is 4. The van der Waals surface area contributed by atoms with Gasteiger partial charge in [0.2, 0.25) is 12.0 Å². The van der Waals surface area contributed by atoms with Gasteiger partial charge in [-0.05, 0) is 30.2 Å². The number of methoxy groups -OCH3 is 2. The van der Waals surface area contributed by atoms with Gasteiger partial charge in [-0.25, -0.2) is 9.59 Å². The Bertz CT molecular complexity index is 1140. The van der Waals surface area contributed by atoms with Crippen LogP contribution in [0.4, 0.5) is 0 Å². The molecule has 13 heteroatoms. The van der Waals surface area contributed by atoms with Gasteiger partial charge in [0, 0.05) is 17.9 Å². The molecule has 3 heterocycles. The first kappa shape index (κ1) is 29.4. The van der Waals surface area contributed by atoms with E-state index in [0.29, 0.717) is 17.6 Å². The molecule has 2 saturated heterocycles. The van der Waals surface area contributed by atoms with Gasteiger partial charge in [-0.15, -0.1) is 6.58 Å². The lowest BCUT2D eigenvalue weighted by atomic mass is 9.81. The molecular formula is C27H32O13. The van der Waals surface area contributed by atoms with Gasteiger partial charge < -0.3 is 53.6 Å². The summed E-state index contributed by atoms with van der Waals surface area (Å²) in [7, 11) is 2.71. The van der Waals surface area contributed by atoms with Gasteiger partial charge in [0.05, 0.1) is 39.3 Å². The Hall–Kier alpha value is -3.62. The van der Waals surface area contributed by atoms with Gasteiger partial charge in [-0.3, -0.25) is 0 Å². The number of cyclic esters (lactones) is 1. The van der Waals surface area contributed by atoms with Gasteiger partial charge in [0.15, 0.2) is 23.9 Å². The first-order valence-electron chi connectivity index (χ1n) is 12.5. The monoisotopic (exact) mass is 564 g/mol. The van der Waals surface area contributed by atoms with Crippen molar-refractivity contribution < 1.29 is 63.2 Å². The molecule has 8 atom stereocenters. The molecule has 40 heavy (non-hydrogen) atoms. The third-order valence-electron chi connectivity index (χ3n) is 6.93. The fourth-order valence-corrected chi connectivity index (χ4v) is 4.81. The molecule has 0 aromatic heterocycles. The van der Waals surface area contributed by atoms with Crippen molar-refractivity contribution in [3.63, 3.8) is 0 Å². The Balaban J connectivity index is 1.48. The van der Waals surface area contributed by atoms with Crippen LogP contribution in [0.3, 0.4) is 0 Å². The molecule has 4 N–H and O–H groups in total. The van der Waals surface area contributed by atoms with E-state index in [0.717, 1.165) is 6.08 Å². The molecule has 1 aromatic rings. The first-order valence-corrected chi connectivity index (χ1v) is 12.5. The molecule has 3 aliphatic rings. The lowest BCUT2D eigenvalue weighted by Gasteiger charge is -2.44. The number of phenols is 1. The number of carbonyl (C=O) groups excluding carboxylic acids is 2. The van der Waals surface area contributed by atoms with Crippen molar-refractivity contribution in [3.8, 4) is 17.2 Å². The number of rotatable bonds is 9. The van der Waals surface area contributed by atoms with E-state index in [2.05, 4.69) is 6.58 Å². The van der Waals surface area contributed by atoms with Crippen LogP contribution in [0, 0.1) is 11.8 Å². The summed E-state index contributed by atoms with van der Waals surface area (Å²) in [4.78, 5) is 24.7. The van der Waals surface area contributed by atoms with Crippen LogP contribution in [0.25, 0.3) is 6.08 Å². The Morgan fingerprint density at radius 1 is 1.15 bits per heavy atom. The third kappa shape index (κ3) is 5.93. The molecule has 0 saturated carbocycles. The first-order chi connectivity index (χ1) is 19.2. The second-order valence-corrected chi connectivity index (χ2v) is 9.27. The van der Waals surface area contributed by atoms with Gasteiger partial charge in [-0.2, -0.15) is 0 Å². The van der Waals surface area contributed by atoms with Crippen LogP contribution in [0.2, 0.25) is 0 Å². The maximum absolute atomic E-state index is 12.7. The number of carbonyl (C=O) groups is 2. The van der Waals surface area contributed by atoms with Crippen molar-refractivity contribution in [2.24, 2.45) is 11.8 Å². The van der Waals surface area contributed by atoms with Crippen LogP contribution < -0.4 is 9.47 Å². The minimum absolute atomic E-state index is 0.114. The zero-order chi connectivity index (χ0) is 29.0. The molecule has 0 amide bonds. The molecular weight excluding hydrogens is 532 g/mol. The van der Waals surface area contributed by atoms with Crippen molar-refractivity contribution in [3.05, 3.63) is 48.3 Å². The highest BCUT2D eigenvalue weighted by atomic mass is 16.8. The number of ether oxygens (including phenoxy) is 7. The Kier molecular flexibility index (Phi) is 9.32. The van der Waals surface area contributed by atoms with E-state index < -0.39 is 61.5 Å². The average Bonchev–Trinajstić information content (AvgIpc) is 2.96. The Morgan fingerprint density at radius 3 is 2.48 bits per heavy atom. The number of fused-ring (bicyclic) bond motifs is 1. The van der Waals surface area contributed by atoms with E-state index in [9.17, 15) is 30.0 Å². The zero-order valence-electron chi connectivity index (χ0n) is 21.9. The largest absolute Gasteiger partial charge is 0.502 e. The lowest BCUT2D eigenvalue weighted by molar-refractivity contribution is -0.340. The Morgan fingerprint density at radius 2 is 1.85 bits per heavy atom. The SMILES string of the molecule is C=C[C@H]1[C@H](O[C@@H]2O[C@H](CO)[C@@H](O)[C@H](OC(=O)/C=C/c3cc(OC)c(O)c(OC)c3)[C@H]2O)OC=C2C(=O)OCC[C@H]21. The average molecular weight is 565 g/mol. The molecule has 3 aliphatic heterocycles. The van der Waals surface area contributed by atoms with Crippen molar-refractivity contribution in [2.75, 3.05) is 27.4 Å². The van der Waals surface area contributed by atoms with Crippen molar-refractivity contribution in [1.29, 1.82) is 0 Å². The normalized spacial score (nSPS) is 31.8. The number of esters is 2. The fourth-order valence-electron chi connectivity index (χ4n) is 4.81. The van der Waals surface area contributed by atoms with Gasteiger partial charge in [-0.1, -0.05) is 6.08 Å². The maximum atomic E-state index is 12.7. The van der Waals surface area contributed by atoms with Crippen molar-refractivity contribution >= 4 is 18.0 Å². The lowest BCUT2D eigenvalue weighted by Crippen LogP contribution is -2.61. The van der Waals surface area contributed by atoms with E-state index in [-0.39, 0.29) is 29.8 Å². The third-order valence-corrected chi connectivity index (χ3v) is 6.93. The Labute approximate surface area is 229 Å². The van der Waals surface area contributed by atoms with Gasteiger partial charge in [0.1, 0.15) is 18.3 Å². The maximum Gasteiger partial charge on any atom is 0.337 e. The summed E-state index contributed by atoms with van der Waals surface area (Å²) in [6.07, 6.45) is -2.90. The van der Waals surface area contributed by atoms with Crippen LogP contribution in [-0.4, -0.2) is 96.8 Å². The molecule has 13 nitrogen and oxygen atoms in total. The number of phenolic OH excluding ortho intramolecular Hbond substituents is 1. The topological polar surface area (TPSA) is 180 Å². The molecule has 0 aliphatic carbocycles. The number of hydrogen-bond acceptors (Lipinski definition) is 13. The molecule has 2 fully saturated rings. The summed E-state index contributed by atoms with van der Waals surface area (Å²) in [5.74, 6) is -2.22. The summed E-state index contributed by atoms with van der Waals surface area (Å²) in [6.45, 7) is 3.35. The highest BCUT2D eigenvalue weighted by Crippen LogP contribution is 2.39. The van der Waals surface area contributed by atoms with E-state index >= 15 is 0 Å². The minimum atomic E-state index is -1.68. The second kappa shape index (κ2) is 12.7. The molecule has 0 spiro atoms. The van der Waals surface area contributed by atoms with Crippen molar-refractivity contribution in [2.45, 2.75) is 43.4 Å². The van der Waals surface area contributed by atoms with Gasteiger partial charge >= 0.3 is 11.9 Å². The molecule has 0 radical (unpaired) electrons. The van der Waals surface area contributed by atoms with Crippen molar-refractivity contribution in [1.82, 2.24) is 0 Å². The van der Waals surface area contributed by atoms with E-state index in [1.165, 1.54) is 38.7 Å². The summed E-state index contributed by atoms with van der Waals surface area (Å²) in [5, 5.41) is 41.4.